The zero-order valence-electron chi connectivity index (χ0n) is 17.6. The molecule has 1 atom stereocenters. The van der Waals surface area contributed by atoms with Crippen molar-refractivity contribution in [3.05, 3.63) is 54.1 Å². The Bertz CT molecular complexity index is 989. The molecule has 2 heterocycles. The molecular weight excluding hydrogens is 439 g/mol. The van der Waals surface area contributed by atoms with Gasteiger partial charge < -0.3 is 14.7 Å². The van der Waals surface area contributed by atoms with Gasteiger partial charge >= 0.3 is 6.18 Å². The van der Waals surface area contributed by atoms with Crippen LogP contribution in [0.25, 0.3) is 0 Å². The van der Waals surface area contributed by atoms with E-state index in [0.29, 0.717) is 38.4 Å². The van der Waals surface area contributed by atoms with Gasteiger partial charge in [-0.1, -0.05) is 6.07 Å². The Morgan fingerprint density at radius 1 is 1.00 bits per heavy atom. The molecule has 0 spiro atoms. The molecule has 0 N–H and O–H groups in total. The fourth-order valence-corrected chi connectivity index (χ4v) is 4.62. The number of carbonyl (C=O) groups excluding carboxylic acids is 2. The molecule has 0 aromatic heterocycles. The summed E-state index contributed by atoms with van der Waals surface area (Å²) in [7, 11) is 0. The molecule has 1 unspecified atom stereocenters. The van der Waals surface area contributed by atoms with E-state index in [-0.39, 0.29) is 18.2 Å². The zero-order chi connectivity index (χ0) is 22.9. The number of amides is 2. The molecule has 2 aromatic rings. The van der Waals surface area contributed by atoms with Gasteiger partial charge in [0.15, 0.2) is 0 Å². The standard InChI is InChI=1S/C23H24F3N3O2S/c1-32-20-7-5-18(6-8-20)29-15-16(13-21(29)30)22(31)28-11-9-27(10-12-28)19-4-2-3-17(14-19)23(24,25)26/h2-8,14,16H,9-13,15H2,1H3. The minimum atomic E-state index is -4.38. The summed E-state index contributed by atoms with van der Waals surface area (Å²) in [6, 6.07) is 13.0. The van der Waals surface area contributed by atoms with Crippen LogP contribution in [0.2, 0.25) is 0 Å². The van der Waals surface area contributed by atoms with E-state index >= 15 is 0 Å². The number of thioether (sulfide) groups is 1. The topological polar surface area (TPSA) is 43.9 Å². The Kier molecular flexibility index (Phi) is 6.37. The summed E-state index contributed by atoms with van der Waals surface area (Å²) in [6.07, 6.45) is -2.22. The van der Waals surface area contributed by atoms with Gasteiger partial charge in [0.2, 0.25) is 11.8 Å². The molecule has 2 aromatic carbocycles. The summed E-state index contributed by atoms with van der Waals surface area (Å²) in [6.45, 7) is 2.09. The van der Waals surface area contributed by atoms with E-state index in [0.717, 1.165) is 22.7 Å². The van der Waals surface area contributed by atoms with Gasteiger partial charge in [-0.2, -0.15) is 13.2 Å². The first-order chi connectivity index (χ1) is 15.3. The first kappa shape index (κ1) is 22.5. The Morgan fingerprint density at radius 3 is 2.31 bits per heavy atom. The van der Waals surface area contributed by atoms with E-state index in [1.807, 2.05) is 35.4 Å². The quantitative estimate of drug-likeness (QED) is 0.640. The smallest absolute Gasteiger partial charge is 0.368 e. The predicted octanol–water partition coefficient (Wildman–Crippen LogP) is 4.13. The lowest BCUT2D eigenvalue weighted by Gasteiger charge is -2.37. The molecule has 2 aliphatic rings. The highest BCUT2D eigenvalue weighted by Crippen LogP contribution is 2.32. The minimum absolute atomic E-state index is 0.0646. The maximum absolute atomic E-state index is 13.0. The van der Waals surface area contributed by atoms with Crippen molar-refractivity contribution in [1.82, 2.24) is 4.90 Å². The number of anilines is 2. The zero-order valence-corrected chi connectivity index (χ0v) is 18.5. The summed E-state index contributed by atoms with van der Waals surface area (Å²) in [5, 5.41) is 0. The second kappa shape index (κ2) is 9.05. The van der Waals surface area contributed by atoms with Crippen LogP contribution in [0.5, 0.6) is 0 Å². The van der Waals surface area contributed by atoms with Crippen LogP contribution in [0, 0.1) is 5.92 Å². The first-order valence-corrected chi connectivity index (χ1v) is 11.6. The molecule has 2 amide bonds. The van der Waals surface area contributed by atoms with Crippen LogP contribution >= 0.6 is 11.8 Å². The minimum Gasteiger partial charge on any atom is -0.368 e. The van der Waals surface area contributed by atoms with E-state index in [9.17, 15) is 22.8 Å². The van der Waals surface area contributed by atoms with E-state index in [1.165, 1.54) is 6.07 Å². The average molecular weight is 464 g/mol. The highest BCUT2D eigenvalue weighted by molar-refractivity contribution is 7.98. The van der Waals surface area contributed by atoms with Crippen molar-refractivity contribution >= 4 is 35.0 Å². The summed E-state index contributed by atoms with van der Waals surface area (Å²) in [5.41, 5.74) is 0.615. The molecule has 2 saturated heterocycles. The number of alkyl halides is 3. The normalized spacial score (nSPS) is 19.6. The van der Waals surface area contributed by atoms with Crippen LogP contribution in [0.3, 0.4) is 0 Å². The maximum Gasteiger partial charge on any atom is 0.416 e. The van der Waals surface area contributed by atoms with Gasteiger partial charge in [-0.15, -0.1) is 11.8 Å². The molecule has 0 aliphatic carbocycles. The van der Waals surface area contributed by atoms with E-state index < -0.39 is 17.7 Å². The van der Waals surface area contributed by atoms with E-state index in [1.54, 1.807) is 27.6 Å². The van der Waals surface area contributed by atoms with Crippen molar-refractivity contribution in [2.75, 3.05) is 48.8 Å². The van der Waals surface area contributed by atoms with Crippen LogP contribution in [-0.2, 0) is 15.8 Å². The van der Waals surface area contributed by atoms with Crippen molar-refractivity contribution < 1.29 is 22.8 Å². The maximum atomic E-state index is 13.0. The monoisotopic (exact) mass is 463 g/mol. The molecule has 0 saturated carbocycles. The SMILES string of the molecule is CSc1ccc(N2CC(C(=O)N3CCN(c4cccc(C(F)(F)F)c4)CC3)CC2=O)cc1. The molecular formula is C23H24F3N3O2S. The highest BCUT2D eigenvalue weighted by Gasteiger charge is 2.38. The second-order valence-electron chi connectivity index (χ2n) is 7.96. The van der Waals surface area contributed by atoms with Gasteiger partial charge in [0.05, 0.1) is 11.5 Å². The van der Waals surface area contributed by atoms with E-state index in [4.69, 9.17) is 0 Å². The number of carbonyl (C=O) groups is 2. The predicted molar refractivity (Wildman–Crippen MR) is 119 cm³/mol. The van der Waals surface area contributed by atoms with Crippen LogP contribution < -0.4 is 9.80 Å². The molecule has 2 aliphatic heterocycles. The molecule has 32 heavy (non-hydrogen) atoms. The third kappa shape index (κ3) is 4.72. The first-order valence-electron chi connectivity index (χ1n) is 10.4. The molecule has 9 heteroatoms. The van der Waals surface area contributed by atoms with Crippen LogP contribution in [0.1, 0.15) is 12.0 Å². The third-order valence-corrected chi connectivity index (χ3v) is 6.73. The number of halogens is 3. The molecule has 0 bridgehead atoms. The second-order valence-corrected chi connectivity index (χ2v) is 8.84. The lowest BCUT2D eigenvalue weighted by atomic mass is 10.1. The number of piperazine rings is 1. The largest absolute Gasteiger partial charge is 0.416 e. The molecule has 4 rings (SSSR count). The Morgan fingerprint density at radius 2 is 1.69 bits per heavy atom. The van der Waals surface area contributed by atoms with Crippen molar-refractivity contribution in [1.29, 1.82) is 0 Å². The van der Waals surface area contributed by atoms with Crippen molar-refractivity contribution in [2.24, 2.45) is 5.92 Å². The summed E-state index contributed by atoms with van der Waals surface area (Å²) >= 11 is 1.62. The van der Waals surface area contributed by atoms with Gasteiger partial charge in [-0.25, -0.2) is 0 Å². The molecule has 2 fully saturated rings. The molecule has 0 radical (unpaired) electrons. The lowest BCUT2D eigenvalue weighted by Crippen LogP contribution is -2.50. The number of hydrogen-bond acceptors (Lipinski definition) is 4. The lowest BCUT2D eigenvalue weighted by molar-refractivity contribution is -0.137. The van der Waals surface area contributed by atoms with Crippen LogP contribution in [0.4, 0.5) is 24.5 Å². The summed E-state index contributed by atoms with van der Waals surface area (Å²) < 4.78 is 39.0. The van der Waals surface area contributed by atoms with Crippen LogP contribution in [0.15, 0.2) is 53.4 Å². The van der Waals surface area contributed by atoms with Gasteiger partial charge in [0, 0.05) is 55.4 Å². The van der Waals surface area contributed by atoms with Gasteiger partial charge in [0.25, 0.3) is 0 Å². The summed E-state index contributed by atoms with van der Waals surface area (Å²) in [4.78, 5) is 31.9. The van der Waals surface area contributed by atoms with Gasteiger partial charge in [-0.3, -0.25) is 9.59 Å². The summed E-state index contributed by atoms with van der Waals surface area (Å²) in [5.74, 6) is -0.532. The highest BCUT2D eigenvalue weighted by atomic mass is 32.2. The van der Waals surface area contributed by atoms with Crippen LogP contribution in [-0.4, -0.2) is 55.7 Å². The number of nitrogens with zero attached hydrogens (tertiary/aromatic N) is 3. The molecule has 5 nitrogen and oxygen atoms in total. The van der Waals surface area contributed by atoms with Crippen molar-refractivity contribution in [2.45, 2.75) is 17.5 Å². The van der Waals surface area contributed by atoms with E-state index in [2.05, 4.69) is 0 Å². The van der Waals surface area contributed by atoms with Gasteiger partial charge in [0.1, 0.15) is 0 Å². The average Bonchev–Trinajstić information content (AvgIpc) is 3.20. The molecule has 170 valence electrons. The fraction of sp³-hybridized carbons (Fsp3) is 0.391. The number of hydrogen-bond donors (Lipinski definition) is 0. The Labute approximate surface area is 189 Å². The third-order valence-electron chi connectivity index (χ3n) is 5.99. The van der Waals surface area contributed by atoms with Gasteiger partial charge in [-0.05, 0) is 48.7 Å². The van der Waals surface area contributed by atoms with Crippen molar-refractivity contribution in [3.63, 3.8) is 0 Å². The fourth-order valence-electron chi connectivity index (χ4n) is 4.21. The number of rotatable bonds is 4. The van der Waals surface area contributed by atoms with Crippen molar-refractivity contribution in [3.8, 4) is 0 Å². The Balaban J connectivity index is 1.36. The number of benzene rings is 2. The Hall–Kier alpha value is -2.68.